The Hall–Kier alpha value is -1.87. The van der Waals surface area contributed by atoms with E-state index in [-0.39, 0.29) is 54.2 Å². The summed E-state index contributed by atoms with van der Waals surface area (Å²) >= 11 is 0. The van der Waals surface area contributed by atoms with E-state index in [0.29, 0.717) is 5.92 Å². The fourth-order valence-electron chi connectivity index (χ4n) is 6.90. The smallest absolute Gasteiger partial charge is 0.677 e. The van der Waals surface area contributed by atoms with Crippen molar-refractivity contribution < 1.29 is 30.4 Å². The van der Waals surface area contributed by atoms with Crippen LogP contribution in [0.4, 0.5) is 5.69 Å². The van der Waals surface area contributed by atoms with Gasteiger partial charge in [0.2, 0.25) is 0 Å². The van der Waals surface area contributed by atoms with Gasteiger partial charge in [-0.1, -0.05) is 130 Å². The number of aryl methyl sites for hydroxylation is 2. The van der Waals surface area contributed by atoms with Gasteiger partial charge in [-0.3, -0.25) is 4.58 Å². The Morgan fingerprint density at radius 2 is 1.51 bits per heavy atom. The first-order valence-electron chi connectivity index (χ1n) is 13.9. The quantitative estimate of drug-likeness (QED) is 0.157. The van der Waals surface area contributed by atoms with E-state index in [9.17, 15) is 0 Å². The molecule has 1 aliphatic heterocycles. The summed E-state index contributed by atoms with van der Waals surface area (Å²) in [5.74, 6) is 2.35. The van der Waals surface area contributed by atoms with E-state index in [0.717, 1.165) is 24.7 Å². The topological polar surface area (TPSA) is 17.1 Å². The van der Waals surface area contributed by atoms with E-state index in [1.807, 2.05) is 0 Å². The van der Waals surface area contributed by atoms with Crippen LogP contribution in [0, 0.1) is 46.1 Å². The van der Waals surface area contributed by atoms with Crippen molar-refractivity contribution in [2.75, 3.05) is 0 Å². The Kier molecular flexibility index (Phi) is 14.8. The molecule has 0 saturated heterocycles. The maximum atomic E-state index is 5.51. The van der Waals surface area contributed by atoms with Crippen molar-refractivity contribution in [3.63, 3.8) is 0 Å². The van der Waals surface area contributed by atoms with Crippen molar-refractivity contribution in [3.8, 4) is 0 Å². The maximum absolute atomic E-state index is 5.51. The van der Waals surface area contributed by atoms with Gasteiger partial charge in [-0.05, 0) is 37.1 Å². The van der Waals surface area contributed by atoms with Crippen molar-refractivity contribution in [3.05, 3.63) is 123 Å². The first-order valence-corrected chi connectivity index (χ1v) is 13.9. The van der Waals surface area contributed by atoms with Gasteiger partial charge in [-0.25, -0.2) is 0 Å². The number of nitrogens with zero attached hydrogens (tertiary/aromatic N) is 2. The molecular formula is C36H50HfN2. The summed E-state index contributed by atoms with van der Waals surface area (Å²) in [5.41, 5.74) is 6.25. The van der Waals surface area contributed by atoms with Gasteiger partial charge in [-0.15, -0.1) is 11.8 Å². The van der Waals surface area contributed by atoms with E-state index >= 15 is 0 Å². The number of allylic oxidation sites excluding steroid dienone is 2. The molecule has 1 heterocycles. The molecule has 2 aromatic carbocycles. The molecule has 5 rings (SSSR count). The molecule has 0 aromatic heterocycles. The van der Waals surface area contributed by atoms with Crippen LogP contribution < -0.4 is 0 Å². The molecule has 0 spiro atoms. The van der Waals surface area contributed by atoms with Gasteiger partial charge in [-0.2, -0.15) is 0 Å². The van der Waals surface area contributed by atoms with Gasteiger partial charge in [0.25, 0.3) is 0 Å². The number of fused-ring (bicyclic) bond motifs is 1. The summed E-state index contributed by atoms with van der Waals surface area (Å²) in [6.45, 7) is 9.13. The second-order valence-corrected chi connectivity index (χ2v) is 10.6. The fraction of sp³-hybridized carbons (Fsp3) is 0.417. The van der Waals surface area contributed by atoms with E-state index in [1.54, 1.807) is 0 Å². The Morgan fingerprint density at radius 3 is 2.18 bits per heavy atom. The molecule has 0 N–H and O–H groups in total. The molecular weight excluding hydrogens is 639 g/mol. The predicted molar refractivity (Wildman–Crippen MR) is 167 cm³/mol. The second-order valence-electron chi connectivity index (χ2n) is 10.6. The largest absolute Gasteiger partial charge is 4.00 e. The molecule has 0 amide bonds. The minimum atomic E-state index is -0.0719. The van der Waals surface area contributed by atoms with Crippen LogP contribution in [0.15, 0.2) is 72.5 Å². The van der Waals surface area contributed by atoms with Crippen LogP contribution in [0.3, 0.4) is 0 Å². The standard InChI is InChI=1S/C33H41N2.3CH3.Hf/c1-4-24-17-11-18-25(5-2)32(24)34-33(27-15-7-6-8-16-27)31-23-13-22-30(35(31)3)29-21-12-19-26-14-9-10-20-28(26)29;;;;/h6-8,11,13,15-18,22-23,26,28-29,33H,3-5,9-10,12,14,19-21H2,1-2H3;3*1H3;/q4*-1;+4. The summed E-state index contributed by atoms with van der Waals surface area (Å²) in [6, 6.07) is 18.8. The summed E-state index contributed by atoms with van der Waals surface area (Å²) < 4.78 is 2.27. The fourth-order valence-corrected chi connectivity index (χ4v) is 6.90. The predicted octanol–water partition coefficient (Wildman–Crippen LogP) is 10.2. The SMILES string of the molecule is C=[N+]1C(C([N-]c2c(CC)cccc2CC)c2ccccc2)=CC=C[C-]1C1CCCC2CCCCC21.[CH3-].[CH3-].[CH3-].[Hf+4]. The number of para-hydroxylation sites is 1. The number of hydrogen-bond donors (Lipinski definition) is 0. The third kappa shape index (κ3) is 7.46. The molecule has 2 fully saturated rings. The molecule has 2 saturated carbocycles. The Morgan fingerprint density at radius 1 is 0.872 bits per heavy atom. The van der Waals surface area contributed by atoms with Gasteiger partial charge >= 0.3 is 25.8 Å². The van der Waals surface area contributed by atoms with Crippen molar-refractivity contribution in [1.82, 2.24) is 0 Å². The van der Waals surface area contributed by atoms with Gasteiger partial charge < -0.3 is 27.6 Å². The number of rotatable bonds is 7. The van der Waals surface area contributed by atoms with Crippen LogP contribution in [0.2, 0.25) is 0 Å². The molecule has 208 valence electrons. The average Bonchev–Trinajstić information content (AvgIpc) is 2.92. The number of hydrogen-bond acceptors (Lipinski definition) is 0. The minimum Gasteiger partial charge on any atom is -0.677 e. The van der Waals surface area contributed by atoms with Gasteiger partial charge in [0.05, 0.1) is 12.4 Å². The molecule has 2 aromatic rings. The third-order valence-corrected chi connectivity index (χ3v) is 8.73. The van der Waals surface area contributed by atoms with E-state index in [4.69, 9.17) is 5.32 Å². The first-order chi connectivity index (χ1) is 17.2. The van der Waals surface area contributed by atoms with Crippen molar-refractivity contribution in [1.29, 1.82) is 0 Å². The third-order valence-electron chi connectivity index (χ3n) is 8.73. The maximum Gasteiger partial charge on any atom is 4.00 e. The zero-order valence-corrected chi connectivity index (χ0v) is 28.7. The van der Waals surface area contributed by atoms with Gasteiger partial charge in [0.15, 0.2) is 0 Å². The summed E-state index contributed by atoms with van der Waals surface area (Å²) in [6.07, 6.45) is 18.5. The van der Waals surface area contributed by atoms with Crippen LogP contribution >= 0.6 is 0 Å². The molecule has 2 aliphatic carbocycles. The zero-order valence-electron chi connectivity index (χ0n) is 25.1. The van der Waals surface area contributed by atoms with E-state index in [2.05, 4.69) is 91.9 Å². The Balaban J connectivity index is 0.00000190. The molecule has 39 heavy (non-hydrogen) atoms. The molecule has 3 aliphatic rings. The van der Waals surface area contributed by atoms with Crippen LogP contribution in [0.5, 0.6) is 0 Å². The van der Waals surface area contributed by atoms with Crippen LogP contribution in [0.25, 0.3) is 5.32 Å². The minimum absolute atomic E-state index is 0. The molecule has 4 atom stereocenters. The zero-order chi connectivity index (χ0) is 24.2. The normalized spacial score (nSPS) is 22.5. The Bertz CT molecular complexity index is 1060. The molecule has 2 nitrogen and oxygen atoms in total. The number of benzene rings is 2. The first kappa shape index (κ1) is 35.2. The van der Waals surface area contributed by atoms with Crippen LogP contribution in [-0.2, 0) is 38.7 Å². The molecule has 3 heteroatoms. The van der Waals surface area contributed by atoms with E-state index < -0.39 is 0 Å². The average molecular weight is 689 g/mol. The van der Waals surface area contributed by atoms with Crippen LogP contribution in [-0.4, -0.2) is 11.3 Å². The second kappa shape index (κ2) is 16.4. The van der Waals surface area contributed by atoms with Crippen molar-refractivity contribution >= 4 is 12.4 Å². The van der Waals surface area contributed by atoms with Gasteiger partial charge in [0, 0.05) is 5.92 Å². The molecule has 0 radical (unpaired) electrons. The molecule has 4 unspecified atom stereocenters. The van der Waals surface area contributed by atoms with E-state index in [1.165, 1.54) is 79.1 Å². The van der Waals surface area contributed by atoms with Crippen molar-refractivity contribution in [2.45, 2.75) is 77.7 Å². The van der Waals surface area contributed by atoms with Gasteiger partial charge in [0.1, 0.15) is 6.04 Å². The summed E-state index contributed by atoms with van der Waals surface area (Å²) in [4.78, 5) is 0. The molecule has 0 bridgehead atoms. The monoisotopic (exact) mass is 690 g/mol. The summed E-state index contributed by atoms with van der Waals surface area (Å²) in [7, 11) is 0. The summed E-state index contributed by atoms with van der Waals surface area (Å²) in [5, 5.41) is 5.51. The van der Waals surface area contributed by atoms with Crippen LogP contribution in [0.1, 0.15) is 81.5 Å². The van der Waals surface area contributed by atoms with Crippen molar-refractivity contribution in [2.24, 2.45) is 17.8 Å². The Labute approximate surface area is 259 Å².